The first-order valence-corrected chi connectivity index (χ1v) is 7.61. The van der Waals surface area contributed by atoms with Crippen molar-refractivity contribution in [2.45, 2.75) is 24.3 Å². The fourth-order valence-corrected chi connectivity index (χ4v) is 3.44. The topological polar surface area (TPSA) is 35.2 Å². The number of rotatable bonds is 4. The van der Waals surface area contributed by atoms with E-state index in [1.54, 1.807) is 7.11 Å². The van der Waals surface area contributed by atoms with Gasteiger partial charge in [0.1, 0.15) is 5.75 Å². The molecule has 1 saturated carbocycles. The van der Waals surface area contributed by atoms with E-state index in [0.717, 1.165) is 28.6 Å². The van der Waals surface area contributed by atoms with Crippen LogP contribution in [-0.2, 0) is 5.41 Å². The summed E-state index contributed by atoms with van der Waals surface area (Å²) in [7, 11) is 1.67. The Morgan fingerprint density at radius 2 is 1.85 bits per heavy atom. The number of hydrogen-bond donors (Lipinski definition) is 1. The van der Waals surface area contributed by atoms with Gasteiger partial charge in [-0.3, -0.25) is 0 Å². The van der Waals surface area contributed by atoms with Gasteiger partial charge in [-0.15, -0.1) is 0 Å². The largest absolute Gasteiger partial charge is 0.496 e. The number of ether oxygens (including phenoxy) is 1. The van der Waals surface area contributed by atoms with Gasteiger partial charge < -0.3 is 10.5 Å². The summed E-state index contributed by atoms with van der Waals surface area (Å²) in [6.07, 6.45) is 2.31. The Bertz CT molecular complexity index is 608. The quantitative estimate of drug-likeness (QED) is 0.911. The zero-order chi connectivity index (χ0) is 14.2. The minimum atomic E-state index is 0.0205. The molecular formula is C17H18BrNO. The molecule has 1 fully saturated rings. The highest BCUT2D eigenvalue weighted by Gasteiger charge is 2.49. The molecule has 0 radical (unpaired) electrons. The summed E-state index contributed by atoms with van der Waals surface area (Å²) < 4.78 is 6.23. The first-order chi connectivity index (χ1) is 9.67. The molecule has 2 aromatic carbocycles. The van der Waals surface area contributed by atoms with Gasteiger partial charge in [0.05, 0.1) is 11.6 Å². The third kappa shape index (κ3) is 2.25. The van der Waals surface area contributed by atoms with E-state index in [1.807, 2.05) is 6.07 Å². The molecule has 3 rings (SSSR count). The van der Waals surface area contributed by atoms with Gasteiger partial charge in [-0.1, -0.05) is 36.4 Å². The molecule has 0 amide bonds. The van der Waals surface area contributed by atoms with Crippen molar-refractivity contribution in [1.29, 1.82) is 0 Å². The highest BCUT2D eigenvalue weighted by Crippen LogP contribution is 2.55. The highest BCUT2D eigenvalue weighted by atomic mass is 79.9. The summed E-state index contributed by atoms with van der Waals surface area (Å²) in [5.41, 5.74) is 9.17. The lowest BCUT2D eigenvalue weighted by Crippen LogP contribution is -2.26. The van der Waals surface area contributed by atoms with Crippen LogP contribution in [0.5, 0.6) is 5.75 Å². The van der Waals surface area contributed by atoms with Crippen molar-refractivity contribution in [1.82, 2.24) is 0 Å². The second-order valence-electron chi connectivity index (χ2n) is 5.39. The fraction of sp³-hybridized carbons (Fsp3) is 0.294. The summed E-state index contributed by atoms with van der Waals surface area (Å²) in [6.45, 7) is 0. The van der Waals surface area contributed by atoms with Crippen LogP contribution in [0.3, 0.4) is 0 Å². The molecule has 2 N–H and O–H groups in total. The van der Waals surface area contributed by atoms with Crippen LogP contribution in [0.25, 0.3) is 0 Å². The van der Waals surface area contributed by atoms with Crippen LogP contribution >= 0.6 is 15.9 Å². The van der Waals surface area contributed by atoms with Gasteiger partial charge in [0.15, 0.2) is 0 Å². The molecule has 0 heterocycles. The third-order valence-corrected chi connectivity index (χ3v) is 4.89. The molecule has 0 saturated heterocycles. The second-order valence-corrected chi connectivity index (χ2v) is 6.25. The molecule has 1 atom stereocenters. The van der Waals surface area contributed by atoms with Gasteiger partial charge in [-0.05, 0) is 52.0 Å². The number of hydrogen-bond acceptors (Lipinski definition) is 2. The van der Waals surface area contributed by atoms with E-state index >= 15 is 0 Å². The van der Waals surface area contributed by atoms with Crippen molar-refractivity contribution in [3.05, 3.63) is 64.1 Å². The van der Waals surface area contributed by atoms with E-state index in [4.69, 9.17) is 10.5 Å². The lowest BCUT2D eigenvalue weighted by molar-refractivity contribution is 0.411. The average molecular weight is 332 g/mol. The van der Waals surface area contributed by atoms with Crippen LogP contribution in [-0.4, -0.2) is 7.11 Å². The molecule has 104 valence electrons. The van der Waals surface area contributed by atoms with Crippen LogP contribution in [0.2, 0.25) is 0 Å². The number of methoxy groups -OCH3 is 1. The maximum Gasteiger partial charge on any atom is 0.133 e. The first kappa shape index (κ1) is 13.7. The van der Waals surface area contributed by atoms with Crippen LogP contribution in [0.15, 0.2) is 53.0 Å². The standard InChI is InChI=1S/C17H18BrNO/c1-20-15-8-7-12(11-14(15)18)16(19)17(9-10-17)13-5-3-2-4-6-13/h2-8,11,16H,9-10,19H2,1H3. The SMILES string of the molecule is COc1ccc(C(N)C2(c3ccccc3)CC2)cc1Br. The lowest BCUT2D eigenvalue weighted by atomic mass is 9.84. The zero-order valence-corrected chi connectivity index (χ0v) is 13.1. The molecule has 20 heavy (non-hydrogen) atoms. The van der Waals surface area contributed by atoms with Gasteiger partial charge in [0.25, 0.3) is 0 Å². The smallest absolute Gasteiger partial charge is 0.133 e. The van der Waals surface area contributed by atoms with E-state index in [2.05, 4.69) is 58.4 Å². The minimum Gasteiger partial charge on any atom is -0.496 e. The Balaban J connectivity index is 1.93. The Kier molecular flexibility index (Phi) is 3.57. The number of nitrogens with two attached hydrogens (primary N) is 1. The normalized spacial score (nSPS) is 17.6. The van der Waals surface area contributed by atoms with E-state index < -0.39 is 0 Å². The van der Waals surface area contributed by atoms with E-state index in [1.165, 1.54) is 5.56 Å². The van der Waals surface area contributed by atoms with E-state index in [9.17, 15) is 0 Å². The molecular weight excluding hydrogens is 314 g/mol. The first-order valence-electron chi connectivity index (χ1n) is 6.82. The number of benzene rings is 2. The van der Waals surface area contributed by atoms with Crippen molar-refractivity contribution in [2.75, 3.05) is 7.11 Å². The van der Waals surface area contributed by atoms with Crippen molar-refractivity contribution in [2.24, 2.45) is 5.73 Å². The van der Waals surface area contributed by atoms with Crippen molar-refractivity contribution >= 4 is 15.9 Å². The molecule has 2 nitrogen and oxygen atoms in total. The van der Waals surface area contributed by atoms with Crippen LogP contribution in [0, 0.1) is 0 Å². The molecule has 1 aliphatic carbocycles. The Morgan fingerprint density at radius 3 is 2.40 bits per heavy atom. The van der Waals surface area contributed by atoms with Gasteiger partial charge in [0.2, 0.25) is 0 Å². The molecule has 0 aliphatic heterocycles. The third-order valence-electron chi connectivity index (χ3n) is 4.27. The molecule has 0 spiro atoms. The van der Waals surface area contributed by atoms with E-state index in [0.29, 0.717) is 0 Å². The van der Waals surface area contributed by atoms with Crippen LogP contribution in [0.4, 0.5) is 0 Å². The van der Waals surface area contributed by atoms with Crippen LogP contribution in [0.1, 0.15) is 30.0 Å². The highest BCUT2D eigenvalue weighted by molar-refractivity contribution is 9.10. The van der Waals surface area contributed by atoms with Crippen molar-refractivity contribution < 1.29 is 4.74 Å². The average Bonchev–Trinajstić information content (AvgIpc) is 3.29. The number of halogens is 1. The molecule has 3 heteroatoms. The predicted octanol–water partition coefficient (Wildman–Crippen LogP) is 4.19. The van der Waals surface area contributed by atoms with Crippen molar-refractivity contribution in [3.63, 3.8) is 0 Å². The monoisotopic (exact) mass is 331 g/mol. The molecule has 2 aromatic rings. The zero-order valence-electron chi connectivity index (χ0n) is 11.5. The summed E-state index contributed by atoms with van der Waals surface area (Å²) in [6, 6.07) is 16.7. The van der Waals surface area contributed by atoms with E-state index in [-0.39, 0.29) is 11.5 Å². The second kappa shape index (κ2) is 5.23. The van der Waals surface area contributed by atoms with Gasteiger partial charge in [-0.25, -0.2) is 0 Å². The Labute approximate surface area is 128 Å². The maximum absolute atomic E-state index is 6.57. The molecule has 0 bridgehead atoms. The van der Waals surface area contributed by atoms with Gasteiger partial charge in [0, 0.05) is 11.5 Å². The molecule has 0 aromatic heterocycles. The predicted molar refractivity (Wildman–Crippen MR) is 85.0 cm³/mol. The fourth-order valence-electron chi connectivity index (χ4n) is 2.88. The minimum absolute atomic E-state index is 0.0205. The van der Waals surface area contributed by atoms with Crippen LogP contribution < -0.4 is 10.5 Å². The summed E-state index contributed by atoms with van der Waals surface area (Å²) in [4.78, 5) is 0. The van der Waals surface area contributed by atoms with Gasteiger partial charge in [-0.2, -0.15) is 0 Å². The van der Waals surface area contributed by atoms with Gasteiger partial charge >= 0.3 is 0 Å². The maximum atomic E-state index is 6.57. The van der Waals surface area contributed by atoms with Crippen molar-refractivity contribution in [3.8, 4) is 5.75 Å². The lowest BCUT2D eigenvalue weighted by Gasteiger charge is -2.25. The Hall–Kier alpha value is -1.32. The molecule has 1 aliphatic rings. The summed E-state index contributed by atoms with van der Waals surface area (Å²) >= 11 is 3.54. The summed E-state index contributed by atoms with van der Waals surface area (Å²) in [5, 5.41) is 0. The summed E-state index contributed by atoms with van der Waals surface area (Å²) in [5.74, 6) is 0.838. The molecule has 1 unspecified atom stereocenters. The Morgan fingerprint density at radius 1 is 1.15 bits per heavy atom.